The van der Waals surface area contributed by atoms with Crippen molar-refractivity contribution in [3.63, 3.8) is 0 Å². The number of rotatable bonds is 52. The molecule has 0 rings (SSSR count). The third-order valence-corrected chi connectivity index (χ3v) is 13.4. The third kappa shape index (κ3) is 45.4. The Labute approximate surface area is 387 Å². The second kappa shape index (κ2) is 50.9. The molecule has 0 radical (unpaired) electrons. The standard InChI is InChI=1S/C56H111NO5/c1-4-7-10-13-16-19-22-24-26-27-28-29-31-34-37-40-43-46-49-56(61)62-52(47-44-41-38-35-33-30-25-23-20-17-14-11-8-5-2)50-55(60)57-53(51-58)54(59)48-45-42-39-36-32-21-18-15-12-9-6-3/h52-54,58-59H,4-51H2,1-3H3,(H,57,60). The van der Waals surface area contributed by atoms with E-state index in [4.69, 9.17) is 4.74 Å². The Balaban J connectivity index is 4.46. The van der Waals surface area contributed by atoms with Crippen molar-refractivity contribution in [2.45, 2.75) is 341 Å². The van der Waals surface area contributed by atoms with Crippen LogP contribution in [0, 0.1) is 0 Å². The average molecular weight is 879 g/mol. The number of esters is 1. The molecule has 6 nitrogen and oxygen atoms in total. The van der Waals surface area contributed by atoms with Crippen molar-refractivity contribution < 1.29 is 24.5 Å². The van der Waals surface area contributed by atoms with E-state index in [1.807, 2.05) is 0 Å². The van der Waals surface area contributed by atoms with Crippen LogP contribution in [0.25, 0.3) is 0 Å². The van der Waals surface area contributed by atoms with Gasteiger partial charge in [-0.05, 0) is 25.7 Å². The topological polar surface area (TPSA) is 95.9 Å². The zero-order valence-electron chi connectivity index (χ0n) is 42.3. The van der Waals surface area contributed by atoms with E-state index in [1.165, 1.54) is 238 Å². The summed E-state index contributed by atoms with van der Waals surface area (Å²) < 4.78 is 5.96. The number of hydrogen-bond donors (Lipinski definition) is 3. The molecule has 3 N–H and O–H groups in total. The second-order valence-corrected chi connectivity index (χ2v) is 19.7. The van der Waals surface area contributed by atoms with E-state index in [-0.39, 0.29) is 24.9 Å². The third-order valence-electron chi connectivity index (χ3n) is 13.4. The molecule has 0 aliphatic rings. The van der Waals surface area contributed by atoms with E-state index in [0.717, 1.165) is 38.5 Å². The van der Waals surface area contributed by atoms with Gasteiger partial charge in [0.05, 0.1) is 25.2 Å². The van der Waals surface area contributed by atoms with Gasteiger partial charge in [0.15, 0.2) is 0 Å². The van der Waals surface area contributed by atoms with Crippen LogP contribution in [0.3, 0.4) is 0 Å². The number of ether oxygens (including phenoxy) is 1. The van der Waals surface area contributed by atoms with Gasteiger partial charge in [-0.15, -0.1) is 0 Å². The molecule has 0 aromatic rings. The average Bonchev–Trinajstić information content (AvgIpc) is 3.26. The van der Waals surface area contributed by atoms with Crippen molar-refractivity contribution in [1.82, 2.24) is 5.32 Å². The lowest BCUT2D eigenvalue weighted by Gasteiger charge is -2.24. The van der Waals surface area contributed by atoms with E-state index in [0.29, 0.717) is 19.3 Å². The maximum absolute atomic E-state index is 13.2. The predicted molar refractivity (Wildman–Crippen MR) is 269 cm³/mol. The number of nitrogens with one attached hydrogen (secondary N) is 1. The molecule has 0 heterocycles. The van der Waals surface area contributed by atoms with Gasteiger partial charge in [0.2, 0.25) is 5.91 Å². The molecule has 3 atom stereocenters. The fraction of sp³-hybridized carbons (Fsp3) is 0.964. The minimum absolute atomic E-state index is 0.0883. The Morgan fingerprint density at radius 1 is 0.403 bits per heavy atom. The highest BCUT2D eigenvalue weighted by molar-refractivity contribution is 5.77. The molecule has 0 spiro atoms. The van der Waals surface area contributed by atoms with E-state index in [9.17, 15) is 19.8 Å². The number of carbonyl (C=O) groups excluding carboxylic acids is 2. The van der Waals surface area contributed by atoms with Crippen LogP contribution in [-0.2, 0) is 14.3 Å². The number of carbonyl (C=O) groups is 2. The Bertz CT molecular complexity index is 898. The Hall–Kier alpha value is -1.14. The molecule has 6 heteroatoms. The summed E-state index contributed by atoms with van der Waals surface area (Å²) in [5, 5.41) is 23.8. The summed E-state index contributed by atoms with van der Waals surface area (Å²) in [6.07, 6.45) is 56.0. The van der Waals surface area contributed by atoms with Crippen LogP contribution in [0.15, 0.2) is 0 Å². The highest BCUT2D eigenvalue weighted by Crippen LogP contribution is 2.19. The van der Waals surface area contributed by atoms with Crippen LogP contribution in [0.4, 0.5) is 0 Å². The van der Waals surface area contributed by atoms with Crippen LogP contribution in [-0.4, -0.2) is 46.9 Å². The van der Waals surface area contributed by atoms with Gasteiger partial charge in [-0.1, -0.05) is 284 Å². The summed E-state index contributed by atoms with van der Waals surface area (Å²) in [5.74, 6) is -0.446. The monoisotopic (exact) mass is 878 g/mol. The summed E-state index contributed by atoms with van der Waals surface area (Å²) in [7, 11) is 0. The maximum atomic E-state index is 13.2. The van der Waals surface area contributed by atoms with Crippen LogP contribution in [0.1, 0.15) is 323 Å². The van der Waals surface area contributed by atoms with Crippen LogP contribution >= 0.6 is 0 Å². The van der Waals surface area contributed by atoms with Gasteiger partial charge >= 0.3 is 5.97 Å². The van der Waals surface area contributed by atoms with Gasteiger partial charge in [0, 0.05) is 6.42 Å². The summed E-state index contributed by atoms with van der Waals surface area (Å²) in [5.41, 5.74) is 0. The molecule has 0 fully saturated rings. The molecule has 1 amide bonds. The van der Waals surface area contributed by atoms with Crippen LogP contribution in [0.5, 0.6) is 0 Å². The van der Waals surface area contributed by atoms with E-state index in [2.05, 4.69) is 26.1 Å². The van der Waals surface area contributed by atoms with E-state index < -0.39 is 18.2 Å². The Morgan fingerprint density at radius 3 is 0.984 bits per heavy atom. The smallest absolute Gasteiger partial charge is 0.306 e. The molecule has 0 saturated carbocycles. The lowest BCUT2D eigenvalue weighted by Crippen LogP contribution is -2.46. The van der Waals surface area contributed by atoms with Crippen molar-refractivity contribution in [3.05, 3.63) is 0 Å². The number of amides is 1. The van der Waals surface area contributed by atoms with Crippen LogP contribution in [0.2, 0.25) is 0 Å². The molecular weight excluding hydrogens is 767 g/mol. The fourth-order valence-electron chi connectivity index (χ4n) is 9.14. The first-order chi connectivity index (χ1) is 30.5. The molecule has 0 aromatic heterocycles. The lowest BCUT2D eigenvalue weighted by atomic mass is 10.0. The molecule has 370 valence electrons. The number of aliphatic hydroxyl groups excluding tert-OH is 2. The fourth-order valence-corrected chi connectivity index (χ4v) is 9.14. The van der Waals surface area contributed by atoms with Gasteiger partial charge in [-0.2, -0.15) is 0 Å². The second-order valence-electron chi connectivity index (χ2n) is 19.7. The molecule has 0 aliphatic carbocycles. The van der Waals surface area contributed by atoms with Crippen molar-refractivity contribution in [2.24, 2.45) is 0 Å². The highest BCUT2D eigenvalue weighted by Gasteiger charge is 2.24. The number of hydrogen-bond acceptors (Lipinski definition) is 5. The minimum atomic E-state index is -0.779. The zero-order chi connectivity index (χ0) is 45.2. The van der Waals surface area contributed by atoms with Gasteiger partial charge in [-0.25, -0.2) is 0 Å². The normalized spacial score (nSPS) is 13.0. The summed E-state index contributed by atoms with van der Waals surface area (Å²) in [6.45, 7) is 6.52. The first-order valence-electron chi connectivity index (χ1n) is 28.3. The number of unbranched alkanes of at least 4 members (excludes halogenated alkanes) is 40. The molecular formula is C56H111NO5. The Kier molecular flexibility index (Phi) is 49.9. The van der Waals surface area contributed by atoms with Gasteiger partial charge in [-0.3, -0.25) is 9.59 Å². The molecule has 0 saturated heterocycles. The van der Waals surface area contributed by atoms with Crippen molar-refractivity contribution in [3.8, 4) is 0 Å². The molecule has 0 aromatic carbocycles. The number of aliphatic hydroxyl groups is 2. The molecule has 0 aliphatic heterocycles. The molecule has 62 heavy (non-hydrogen) atoms. The lowest BCUT2D eigenvalue weighted by molar-refractivity contribution is -0.151. The Morgan fingerprint density at radius 2 is 0.677 bits per heavy atom. The van der Waals surface area contributed by atoms with E-state index >= 15 is 0 Å². The van der Waals surface area contributed by atoms with Gasteiger partial charge in [0.1, 0.15) is 6.10 Å². The molecule has 0 bridgehead atoms. The minimum Gasteiger partial charge on any atom is -0.462 e. The molecule has 3 unspecified atom stereocenters. The predicted octanol–water partition coefficient (Wildman–Crippen LogP) is 17.1. The quantitative estimate of drug-likeness (QED) is 0.0418. The SMILES string of the molecule is CCCCCCCCCCCCCCCCCCCCC(=O)OC(CCCCCCCCCCCCCCCC)CC(=O)NC(CO)C(O)CCCCCCCCCCCCC. The summed E-state index contributed by atoms with van der Waals surface area (Å²) in [6, 6.07) is -0.692. The largest absolute Gasteiger partial charge is 0.462 e. The van der Waals surface area contributed by atoms with Gasteiger partial charge < -0.3 is 20.3 Å². The highest BCUT2D eigenvalue weighted by atomic mass is 16.5. The maximum Gasteiger partial charge on any atom is 0.306 e. The van der Waals surface area contributed by atoms with Crippen LogP contribution < -0.4 is 5.32 Å². The first kappa shape index (κ1) is 60.9. The zero-order valence-corrected chi connectivity index (χ0v) is 42.3. The first-order valence-corrected chi connectivity index (χ1v) is 28.3. The summed E-state index contributed by atoms with van der Waals surface area (Å²) in [4.78, 5) is 26.2. The van der Waals surface area contributed by atoms with Crippen molar-refractivity contribution in [2.75, 3.05) is 6.61 Å². The van der Waals surface area contributed by atoms with Crippen molar-refractivity contribution >= 4 is 11.9 Å². The van der Waals surface area contributed by atoms with Gasteiger partial charge in [0.25, 0.3) is 0 Å². The van der Waals surface area contributed by atoms with Crippen molar-refractivity contribution in [1.29, 1.82) is 0 Å². The summed E-state index contributed by atoms with van der Waals surface area (Å²) >= 11 is 0. The van der Waals surface area contributed by atoms with E-state index in [1.54, 1.807) is 0 Å².